The van der Waals surface area contributed by atoms with E-state index in [1.54, 1.807) is 18.4 Å². The third-order valence-electron chi connectivity index (χ3n) is 4.53. The van der Waals surface area contributed by atoms with E-state index in [4.69, 9.17) is 9.72 Å². The summed E-state index contributed by atoms with van der Waals surface area (Å²) in [5.41, 5.74) is 3.58. The zero-order valence-corrected chi connectivity index (χ0v) is 16.4. The van der Waals surface area contributed by atoms with Gasteiger partial charge in [-0.2, -0.15) is 0 Å². The van der Waals surface area contributed by atoms with Crippen molar-refractivity contribution >= 4 is 17.3 Å². The Hall–Kier alpha value is -1.92. The monoisotopic (exact) mass is 372 g/mol. The largest absolute Gasteiger partial charge is 0.378 e. The van der Waals surface area contributed by atoms with Crippen molar-refractivity contribution in [2.24, 2.45) is 4.99 Å². The number of benzene rings is 1. The molecule has 1 aromatic heterocycles. The van der Waals surface area contributed by atoms with Gasteiger partial charge in [-0.3, -0.25) is 4.99 Å². The number of rotatable bonds is 7. The Bertz CT molecular complexity index is 705. The van der Waals surface area contributed by atoms with E-state index < -0.39 is 0 Å². The summed E-state index contributed by atoms with van der Waals surface area (Å²) < 4.78 is 5.65. The molecular formula is C20H28N4OS. The highest BCUT2D eigenvalue weighted by molar-refractivity contribution is 7.13. The fourth-order valence-corrected chi connectivity index (χ4v) is 3.86. The molecule has 1 atom stereocenters. The lowest BCUT2D eigenvalue weighted by molar-refractivity contribution is 0.105. The summed E-state index contributed by atoms with van der Waals surface area (Å²) in [6.07, 6.45) is 4.70. The van der Waals surface area contributed by atoms with Crippen LogP contribution in [0, 0.1) is 6.92 Å². The standard InChI is InChI=1S/C20H28N4OS/c1-15-5-7-16(8-6-15)19-24-17(14-26-19)9-11-22-20(21-2)23-12-10-18-4-3-13-25-18/h5-8,14,18H,3-4,9-13H2,1-2H3,(H2,21,22,23). The van der Waals surface area contributed by atoms with Gasteiger partial charge in [0, 0.05) is 44.1 Å². The van der Waals surface area contributed by atoms with E-state index in [0.29, 0.717) is 6.10 Å². The van der Waals surface area contributed by atoms with Gasteiger partial charge in [-0.25, -0.2) is 4.98 Å². The van der Waals surface area contributed by atoms with E-state index in [1.807, 2.05) is 0 Å². The summed E-state index contributed by atoms with van der Waals surface area (Å²) in [6.45, 7) is 4.72. The van der Waals surface area contributed by atoms with Crippen LogP contribution in [0.15, 0.2) is 34.6 Å². The summed E-state index contributed by atoms with van der Waals surface area (Å²) in [6, 6.07) is 8.53. The molecule has 0 amide bonds. The molecule has 1 fully saturated rings. The van der Waals surface area contributed by atoms with Crippen LogP contribution in [0.2, 0.25) is 0 Å². The molecule has 0 aliphatic carbocycles. The quantitative estimate of drug-likeness (QED) is 0.578. The van der Waals surface area contributed by atoms with Gasteiger partial charge in [0.05, 0.1) is 11.8 Å². The number of aryl methyl sites for hydroxylation is 1. The second kappa shape index (κ2) is 9.69. The van der Waals surface area contributed by atoms with Crippen LogP contribution in [0.1, 0.15) is 30.5 Å². The smallest absolute Gasteiger partial charge is 0.190 e. The fraction of sp³-hybridized carbons (Fsp3) is 0.500. The highest BCUT2D eigenvalue weighted by atomic mass is 32.1. The van der Waals surface area contributed by atoms with E-state index in [1.165, 1.54) is 24.0 Å². The Morgan fingerprint density at radius 1 is 1.27 bits per heavy atom. The Balaban J connectivity index is 1.40. The van der Waals surface area contributed by atoms with Gasteiger partial charge in [0.25, 0.3) is 0 Å². The van der Waals surface area contributed by atoms with Gasteiger partial charge in [0.2, 0.25) is 0 Å². The van der Waals surface area contributed by atoms with Crippen molar-refractivity contribution in [2.75, 3.05) is 26.7 Å². The third kappa shape index (κ3) is 5.54. The Kier molecular flexibility index (Phi) is 7.03. The number of nitrogens with zero attached hydrogens (tertiary/aromatic N) is 2. The van der Waals surface area contributed by atoms with Gasteiger partial charge in [-0.1, -0.05) is 29.8 Å². The normalized spacial score (nSPS) is 17.5. The van der Waals surface area contributed by atoms with Crippen molar-refractivity contribution in [3.8, 4) is 10.6 Å². The molecule has 0 bridgehead atoms. The number of aliphatic imine (C=N–C) groups is 1. The molecule has 140 valence electrons. The highest BCUT2D eigenvalue weighted by Crippen LogP contribution is 2.24. The predicted octanol–water partition coefficient (Wildman–Crippen LogP) is 3.40. The highest BCUT2D eigenvalue weighted by Gasteiger charge is 2.14. The minimum atomic E-state index is 0.413. The van der Waals surface area contributed by atoms with E-state index in [9.17, 15) is 0 Å². The van der Waals surface area contributed by atoms with Crippen molar-refractivity contribution in [2.45, 2.75) is 38.7 Å². The van der Waals surface area contributed by atoms with Crippen molar-refractivity contribution < 1.29 is 4.74 Å². The molecule has 3 rings (SSSR count). The van der Waals surface area contributed by atoms with Crippen LogP contribution in [-0.4, -0.2) is 43.8 Å². The summed E-state index contributed by atoms with van der Waals surface area (Å²) in [4.78, 5) is 9.03. The topological polar surface area (TPSA) is 58.5 Å². The van der Waals surface area contributed by atoms with Crippen LogP contribution in [-0.2, 0) is 11.2 Å². The van der Waals surface area contributed by atoms with Crippen molar-refractivity contribution in [3.63, 3.8) is 0 Å². The van der Waals surface area contributed by atoms with Crippen LogP contribution in [0.3, 0.4) is 0 Å². The SMILES string of the molecule is CN=C(NCCc1csc(-c2ccc(C)cc2)n1)NCCC1CCCO1. The minimum absolute atomic E-state index is 0.413. The van der Waals surface area contributed by atoms with Gasteiger partial charge in [0.1, 0.15) is 5.01 Å². The van der Waals surface area contributed by atoms with Gasteiger partial charge in [-0.15, -0.1) is 11.3 Å². The first-order valence-electron chi connectivity index (χ1n) is 9.32. The summed E-state index contributed by atoms with van der Waals surface area (Å²) in [5.74, 6) is 0.844. The first kappa shape index (κ1) is 18.9. The first-order chi connectivity index (χ1) is 12.7. The lowest BCUT2D eigenvalue weighted by atomic mass is 10.2. The molecular weight excluding hydrogens is 344 g/mol. The van der Waals surface area contributed by atoms with Crippen LogP contribution in [0.4, 0.5) is 0 Å². The average Bonchev–Trinajstić information content (AvgIpc) is 3.33. The number of thiazole rings is 1. The number of ether oxygens (including phenoxy) is 1. The molecule has 2 aromatic rings. The van der Waals surface area contributed by atoms with E-state index in [0.717, 1.165) is 49.2 Å². The molecule has 0 radical (unpaired) electrons. The molecule has 0 saturated carbocycles. The zero-order chi connectivity index (χ0) is 18.2. The predicted molar refractivity (Wildman–Crippen MR) is 109 cm³/mol. The molecule has 0 spiro atoms. The Morgan fingerprint density at radius 3 is 2.81 bits per heavy atom. The second-order valence-corrected chi connectivity index (χ2v) is 7.47. The molecule has 2 N–H and O–H groups in total. The minimum Gasteiger partial charge on any atom is -0.378 e. The Morgan fingerprint density at radius 2 is 2.08 bits per heavy atom. The maximum absolute atomic E-state index is 5.65. The molecule has 26 heavy (non-hydrogen) atoms. The maximum atomic E-state index is 5.65. The molecule has 1 saturated heterocycles. The number of guanidine groups is 1. The third-order valence-corrected chi connectivity index (χ3v) is 5.47. The number of hydrogen-bond donors (Lipinski definition) is 2. The maximum Gasteiger partial charge on any atom is 0.190 e. The molecule has 1 aliphatic heterocycles. The molecule has 1 aliphatic rings. The molecule has 1 aromatic carbocycles. The average molecular weight is 373 g/mol. The van der Waals surface area contributed by atoms with Crippen LogP contribution < -0.4 is 10.6 Å². The number of aromatic nitrogens is 1. The van der Waals surface area contributed by atoms with E-state index in [-0.39, 0.29) is 0 Å². The fourth-order valence-electron chi connectivity index (χ4n) is 3.00. The molecule has 6 heteroatoms. The van der Waals surface area contributed by atoms with Crippen LogP contribution in [0.25, 0.3) is 10.6 Å². The van der Waals surface area contributed by atoms with Gasteiger partial charge in [0.15, 0.2) is 5.96 Å². The number of hydrogen-bond acceptors (Lipinski definition) is 4. The van der Waals surface area contributed by atoms with Crippen molar-refractivity contribution in [3.05, 3.63) is 40.9 Å². The lowest BCUT2D eigenvalue weighted by Crippen LogP contribution is -2.39. The summed E-state index contributed by atoms with van der Waals surface area (Å²) in [7, 11) is 1.81. The molecule has 2 heterocycles. The molecule has 5 nitrogen and oxygen atoms in total. The summed E-state index contributed by atoms with van der Waals surface area (Å²) in [5, 5.41) is 9.95. The second-order valence-electron chi connectivity index (χ2n) is 6.61. The molecule has 1 unspecified atom stereocenters. The van der Waals surface area contributed by atoms with Gasteiger partial charge >= 0.3 is 0 Å². The van der Waals surface area contributed by atoms with Crippen molar-refractivity contribution in [1.82, 2.24) is 15.6 Å². The van der Waals surface area contributed by atoms with Gasteiger partial charge < -0.3 is 15.4 Å². The van der Waals surface area contributed by atoms with E-state index in [2.05, 4.69) is 52.2 Å². The van der Waals surface area contributed by atoms with Gasteiger partial charge in [-0.05, 0) is 26.2 Å². The number of nitrogens with one attached hydrogen (secondary N) is 2. The van der Waals surface area contributed by atoms with Crippen LogP contribution in [0.5, 0.6) is 0 Å². The Labute approximate surface area is 159 Å². The lowest BCUT2D eigenvalue weighted by Gasteiger charge is -2.13. The van der Waals surface area contributed by atoms with Crippen LogP contribution >= 0.6 is 11.3 Å². The van der Waals surface area contributed by atoms with E-state index >= 15 is 0 Å². The first-order valence-corrected chi connectivity index (χ1v) is 10.2. The zero-order valence-electron chi connectivity index (χ0n) is 15.6. The summed E-state index contributed by atoms with van der Waals surface area (Å²) >= 11 is 1.70. The van der Waals surface area contributed by atoms with Crippen molar-refractivity contribution in [1.29, 1.82) is 0 Å².